The van der Waals surface area contributed by atoms with Crippen LogP contribution < -0.4 is 0 Å². The lowest BCUT2D eigenvalue weighted by Gasteiger charge is -2.34. The summed E-state index contributed by atoms with van der Waals surface area (Å²) in [5, 5.41) is 10.3. The van der Waals surface area contributed by atoms with Crippen molar-refractivity contribution in [2.24, 2.45) is 5.41 Å². The van der Waals surface area contributed by atoms with Crippen LogP contribution in [-0.4, -0.2) is 9.67 Å². The highest BCUT2D eigenvalue weighted by Gasteiger charge is 2.32. The van der Waals surface area contributed by atoms with Crippen LogP contribution in [-0.2, 0) is 19.4 Å². The van der Waals surface area contributed by atoms with Crippen LogP contribution in [0.4, 0.5) is 4.39 Å². The Morgan fingerprint density at radius 2 is 2.14 bits per heavy atom. The average Bonchev–Trinajstić information content (AvgIpc) is 2.78. The van der Waals surface area contributed by atoms with Crippen LogP contribution in [0.1, 0.15) is 43.2 Å². The van der Waals surface area contributed by atoms with Gasteiger partial charge in [-0.05, 0) is 48.4 Å². The summed E-state index contributed by atoms with van der Waals surface area (Å²) in [6.45, 7) is 5.22. The fourth-order valence-electron chi connectivity index (χ4n) is 3.34. The summed E-state index contributed by atoms with van der Waals surface area (Å²) in [6, 6.07) is 8.80. The van der Waals surface area contributed by atoms with Crippen molar-refractivity contribution in [2.45, 2.75) is 45.8 Å². The zero-order valence-electron chi connectivity index (χ0n) is 12.6. The number of nitrogens with zero attached hydrogens (tertiary/aromatic N) is 1. The lowest BCUT2D eigenvalue weighted by atomic mass is 9.75. The summed E-state index contributed by atoms with van der Waals surface area (Å²) in [5.41, 5.74) is 3.43. The largest absolute Gasteiger partial charge is 0.388 e. The Morgan fingerprint density at radius 1 is 1.33 bits per heavy atom. The molecule has 1 aromatic heterocycles. The fourth-order valence-corrected chi connectivity index (χ4v) is 3.34. The van der Waals surface area contributed by atoms with Gasteiger partial charge < -0.3 is 9.67 Å². The minimum atomic E-state index is -0.362. The molecule has 0 saturated carbocycles. The predicted octanol–water partition coefficient (Wildman–Crippen LogP) is 3.88. The third-order valence-electron chi connectivity index (χ3n) is 4.40. The summed E-state index contributed by atoms with van der Waals surface area (Å²) in [4.78, 5) is 0. The highest BCUT2D eigenvalue weighted by atomic mass is 19.1. The normalized spacial score (nSPS) is 20.3. The zero-order chi connectivity index (χ0) is 15.0. The van der Waals surface area contributed by atoms with Crippen LogP contribution in [0.25, 0.3) is 0 Å². The van der Waals surface area contributed by atoms with Gasteiger partial charge in [-0.15, -0.1) is 0 Å². The van der Waals surface area contributed by atoms with E-state index < -0.39 is 0 Å². The van der Waals surface area contributed by atoms with Crippen molar-refractivity contribution in [3.63, 3.8) is 0 Å². The monoisotopic (exact) mass is 287 g/mol. The summed E-state index contributed by atoms with van der Waals surface area (Å²) in [6.07, 6.45) is 4.28. The molecule has 0 spiro atoms. The van der Waals surface area contributed by atoms with Gasteiger partial charge in [-0.3, -0.25) is 0 Å². The Balaban J connectivity index is 1.79. The summed E-state index contributed by atoms with van der Waals surface area (Å²) < 4.78 is 15.4. The second-order valence-electron chi connectivity index (χ2n) is 6.85. The second kappa shape index (κ2) is 5.30. The van der Waals surface area contributed by atoms with E-state index in [1.54, 1.807) is 12.1 Å². The third kappa shape index (κ3) is 3.03. The number of hydrogen-bond acceptors (Lipinski definition) is 1. The van der Waals surface area contributed by atoms with Crippen molar-refractivity contribution in [3.8, 4) is 0 Å². The molecule has 0 bridgehead atoms. The smallest absolute Gasteiger partial charge is 0.123 e. The van der Waals surface area contributed by atoms with Crippen molar-refractivity contribution < 1.29 is 9.50 Å². The highest BCUT2D eigenvalue weighted by Crippen LogP contribution is 2.41. The first kappa shape index (κ1) is 14.3. The molecule has 112 valence electrons. The topological polar surface area (TPSA) is 25.2 Å². The van der Waals surface area contributed by atoms with Crippen molar-refractivity contribution in [3.05, 3.63) is 59.2 Å². The van der Waals surface area contributed by atoms with E-state index in [0.29, 0.717) is 0 Å². The van der Waals surface area contributed by atoms with Crippen LogP contribution in [0.2, 0.25) is 0 Å². The maximum Gasteiger partial charge on any atom is 0.123 e. The Labute approximate surface area is 125 Å². The first-order valence-corrected chi connectivity index (χ1v) is 7.55. The van der Waals surface area contributed by atoms with Crippen LogP contribution in [0.5, 0.6) is 0 Å². The average molecular weight is 287 g/mol. The van der Waals surface area contributed by atoms with Gasteiger partial charge >= 0.3 is 0 Å². The van der Waals surface area contributed by atoms with Gasteiger partial charge in [-0.2, -0.15) is 0 Å². The van der Waals surface area contributed by atoms with Crippen LogP contribution >= 0.6 is 0 Å². The second-order valence-corrected chi connectivity index (χ2v) is 6.85. The Morgan fingerprint density at radius 3 is 2.90 bits per heavy atom. The minimum Gasteiger partial charge on any atom is -0.388 e. The van der Waals surface area contributed by atoms with E-state index in [2.05, 4.69) is 24.6 Å². The standard InChI is InChI=1S/C18H22FNO/c1-18(2)11-16-15(17(21)12-18)7-9-20(16)8-6-13-4-3-5-14(19)10-13/h3-5,7,9-10,17,21H,6,8,11-12H2,1-2H3. The molecule has 1 atom stereocenters. The third-order valence-corrected chi connectivity index (χ3v) is 4.40. The van der Waals surface area contributed by atoms with Gasteiger partial charge in [0.25, 0.3) is 0 Å². The van der Waals surface area contributed by atoms with Gasteiger partial charge in [-0.25, -0.2) is 4.39 Å². The number of aryl methyl sites for hydroxylation is 2. The van der Waals surface area contributed by atoms with Crippen molar-refractivity contribution in [2.75, 3.05) is 0 Å². The number of rotatable bonds is 3. The van der Waals surface area contributed by atoms with E-state index >= 15 is 0 Å². The number of aliphatic hydroxyl groups excluding tert-OH is 1. The van der Waals surface area contributed by atoms with Gasteiger partial charge in [0, 0.05) is 24.0 Å². The fraction of sp³-hybridized carbons (Fsp3) is 0.444. The number of aromatic nitrogens is 1. The molecule has 1 heterocycles. The molecule has 0 amide bonds. The molecule has 1 aliphatic rings. The van der Waals surface area contributed by atoms with Gasteiger partial charge in [0.2, 0.25) is 0 Å². The summed E-state index contributed by atoms with van der Waals surface area (Å²) in [7, 11) is 0. The molecule has 0 saturated heterocycles. The van der Waals surface area contributed by atoms with E-state index in [4.69, 9.17) is 0 Å². The Bertz CT molecular complexity index is 644. The molecule has 1 N–H and O–H groups in total. The quantitative estimate of drug-likeness (QED) is 0.910. The van der Waals surface area contributed by atoms with Crippen LogP contribution in [0, 0.1) is 11.2 Å². The van der Waals surface area contributed by atoms with Crippen LogP contribution in [0.15, 0.2) is 36.5 Å². The van der Waals surface area contributed by atoms with E-state index in [-0.39, 0.29) is 17.3 Å². The molecule has 0 fully saturated rings. The molecule has 1 aromatic carbocycles. The molecule has 2 aromatic rings. The Kier molecular flexibility index (Phi) is 3.62. The lowest BCUT2D eigenvalue weighted by Crippen LogP contribution is -2.27. The number of benzene rings is 1. The van der Waals surface area contributed by atoms with Crippen LogP contribution in [0.3, 0.4) is 0 Å². The molecular weight excluding hydrogens is 265 g/mol. The predicted molar refractivity (Wildman–Crippen MR) is 81.6 cm³/mol. The van der Waals surface area contributed by atoms with Crippen molar-refractivity contribution in [1.82, 2.24) is 4.57 Å². The Hall–Kier alpha value is -1.61. The maximum atomic E-state index is 13.2. The molecule has 1 unspecified atom stereocenters. The molecule has 0 radical (unpaired) electrons. The molecule has 0 aliphatic heterocycles. The molecular formula is C18H22FNO. The van der Waals surface area contributed by atoms with Crippen molar-refractivity contribution in [1.29, 1.82) is 0 Å². The van der Waals surface area contributed by atoms with Gasteiger partial charge in [-0.1, -0.05) is 26.0 Å². The number of hydrogen-bond donors (Lipinski definition) is 1. The number of halogens is 1. The highest BCUT2D eigenvalue weighted by molar-refractivity contribution is 5.29. The summed E-state index contributed by atoms with van der Waals surface area (Å²) in [5.74, 6) is -0.182. The number of aliphatic hydroxyl groups is 1. The van der Waals surface area contributed by atoms with Gasteiger partial charge in [0.15, 0.2) is 0 Å². The summed E-state index contributed by atoms with van der Waals surface area (Å²) >= 11 is 0. The maximum absolute atomic E-state index is 13.2. The zero-order valence-corrected chi connectivity index (χ0v) is 12.6. The van der Waals surface area contributed by atoms with E-state index in [0.717, 1.165) is 36.9 Å². The lowest BCUT2D eigenvalue weighted by molar-refractivity contribution is 0.0979. The van der Waals surface area contributed by atoms with E-state index in [1.165, 1.54) is 11.8 Å². The molecule has 2 nitrogen and oxygen atoms in total. The molecule has 3 rings (SSSR count). The molecule has 21 heavy (non-hydrogen) atoms. The molecule has 3 heteroatoms. The first-order chi connectivity index (χ1) is 9.94. The SMILES string of the molecule is CC1(C)Cc2c(ccn2CCc2cccc(F)c2)C(O)C1. The van der Waals surface area contributed by atoms with E-state index in [9.17, 15) is 9.50 Å². The minimum absolute atomic E-state index is 0.126. The van der Waals surface area contributed by atoms with Gasteiger partial charge in [0.05, 0.1) is 6.10 Å². The van der Waals surface area contributed by atoms with Gasteiger partial charge in [0.1, 0.15) is 5.82 Å². The van der Waals surface area contributed by atoms with Crippen molar-refractivity contribution >= 4 is 0 Å². The van der Waals surface area contributed by atoms with E-state index in [1.807, 2.05) is 12.1 Å². The molecule has 1 aliphatic carbocycles. The first-order valence-electron chi connectivity index (χ1n) is 7.55. The number of fused-ring (bicyclic) bond motifs is 1.